The van der Waals surface area contributed by atoms with E-state index in [9.17, 15) is 9.90 Å². The lowest BCUT2D eigenvalue weighted by atomic mass is 9.59. The van der Waals surface area contributed by atoms with Gasteiger partial charge in [-0.2, -0.15) is 0 Å². The van der Waals surface area contributed by atoms with Crippen molar-refractivity contribution in [1.82, 2.24) is 5.32 Å². The van der Waals surface area contributed by atoms with E-state index in [0.717, 1.165) is 31.2 Å². The molecule has 0 heterocycles. The molecule has 20 heavy (non-hydrogen) atoms. The van der Waals surface area contributed by atoms with Crippen molar-refractivity contribution in [2.45, 2.75) is 51.0 Å². The van der Waals surface area contributed by atoms with Crippen molar-refractivity contribution in [3.63, 3.8) is 0 Å². The van der Waals surface area contributed by atoms with E-state index in [0.29, 0.717) is 5.92 Å². The minimum atomic E-state index is -0.958. The third-order valence-corrected chi connectivity index (χ3v) is 4.36. The number of phenolic OH excluding ortho intramolecular Hbond substituents is 1. The van der Waals surface area contributed by atoms with E-state index >= 15 is 0 Å². The van der Waals surface area contributed by atoms with Crippen LogP contribution in [0, 0.1) is 5.92 Å². The van der Waals surface area contributed by atoms with Gasteiger partial charge in [-0.15, -0.1) is 0 Å². The van der Waals surface area contributed by atoms with Crippen LogP contribution in [0.2, 0.25) is 0 Å². The number of hydrogen-bond acceptors (Lipinski definition) is 2. The normalized spacial score (nSPS) is 18.4. The van der Waals surface area contributed by atoms with Crippen LogP contribution in [-0.4, -0.2) is 22.3 Å². The molecule has 1 aromatic rings. The molecule has 0 aromatic heterocycles. The SMILES string of the molecule is CC(C)CC(NC(=O)O)C1(c2ccc(O)cc2)CCC1. The fraction of sp³-hybridized carbons (Fsp3) is 0.562. The Hall–Kier alpha value is -1.71. The maximum absolute atomic E-state index is 11.1. The Labute approximate surface area is 119 Å². The number of nitrogens with one attached hydrogen (secondary N) is 1. The first-order valence-electron chi connectivity index (χ1n) is 7.23. The molecule has 4 heteroatoms. The number of carbonyl (C=O) groups is 1. The van der Waals surface area contributed by atoms with Crippen LogP contribution in [0.3, 0.4) is 0 Å². The Morgan fingerprint density at radius 2 is 1.90 bits per heavy atom. The minimum Gasteiger partial charge on any atom is -0.508 e. The highest BCUT2D eigenvalue weighted by atomic mass is 16.4. The van der Waals surface area contributed by atoms with Gasteiger partial charge in [0.15, 0.2) is 0 Å². The smallest absolute Gasteiger partial charge is 0.404 e. The lowest BCUT2D eigenvalue weighted by Crippen LogP contribution is -2.54. The zero-order valence-electron chi connectivity index (χ0n) is 12.1. The number of hydrogen-bond donors (Lipinski definition) is 3. The van der Waals surface area contributed by atoms with Crippen molar-refractivity contribution >= 4 is 6.09 Å². The van der Waals surface area contributed by atoms with Crippen molar-refractivity contribution in [2.75, 3.05) is 0 Å². The summed E-state index contributed by atoms with van der Waals surface area (Å²) in [6.07, 6.45) is 2.98. The standard InChI is InChI=1S/C16H23NO3/c1-11(2)10-14(17-15(19)20)16(8-3-9-16)12-4-6-13(18)7-5-12/h4-7,11,14,17-18H,3,8-10H2,1-2H3,(H,19,20). The monoisotopic (exact) mass is 277 g/mol. The molecule has 4 nitrogen and oxygen atoms in total. The Bertz CT molecular complexity index is 463. The van der Waals surface area contributed by atoms with E-state index < -0.39 is 6.09 Å². The average molecular weight is 277 g/mol. The minimum absolute atomic E-state index is 0.0710. The third kappa shape index (κ3) is 2.89. The first-order valence-corrected chi connectivity index (χ1v) is 7.23. The zero-order valence-corrected chi connectivity index (χ0v) is 12.1. The molecule has 0 bridgehead atoms. The maximum atomic E-state index is 11.1. The van der Waals surface area contributed by atoms with Gasteiger partial charge in [-0.05, 0) is 42.9 Å². The second-order valence-electron chi connectivity index (χ2n) is 6.19. The summed E-state index contributed by atoms with van der Waals surface area (Å²) in [6, 6.07) is 7.14. The first-order chi connectivity index (χ1) is 9.44. The second kappa shape index (κ2) is 5.73. The summed E-state index contributed by atoms with van der Waals surface area (Å²) in [7, 11) is 0. The van der Waals surface area contributed by atoms with Crippen molar-refractivity contribution in [3.05, 3.63) is 29.8 Å². The molecule has 1 saturated carbocycles. The van der Waals surface area contributed by atoms with Gasteiger partial charge in [0.2, 0.25) is 0 Å². The van der Waals surface area contributed by atoms with Gasteiger partial charge in [-0.1, -0.05) is 32.4 Å². The van der Waals surface area contributed by atoms with Gasteiger partial charge in [-0.25, -0.2) is 4.79 Å². The second-order valence-corrected chi connectivity index (χ2v) is 6.19. The summed E-state index contributed by atoms with van der Waals surface area (Å²) in [6.45, 7) is 4.22. The van der Waals surface area contributed by atoms with Gasteiger partial charge >= 0.3 is 6.09 Å². The van der Waals surface area contributed by atoms with Gasteiger partial charge in [0.25, 0.3) is 0 Å². The molecule has 3 N–H and O–H groups in total. The Morgan fingerprint density at radius 3 is 2.30 bits per heavy atom. The number of rotatable bonds is 5. The molecule has 2 rings (SSSR count). The fourth-order valence-corrected chi connectivity index (χ4v) is 3.23. The molecule has 1 unspecified atom stereocenters. The van der Waals surface area contributed by atoms with Crippen molar-refractivity contribution in [3.8, 4) is 5.75 Å². The first kappa shape index (κ1) is 14.7. The number of benzene rings is 1. The molecular weight excluding hydrogens is 254 g/mol. The van der Waals surface area contributed by atoms with Gasteiger partial charge in [0, 0.05) is 11.5 Å². The van der Waals surface area contributed by atoms with Gasteiger partial charge < -0.3 is 15.5 Å². The third-order valence-electron chi connectivity index (χ3n) is 4.36. The topological polar surface area (TPSA) is 69.6 Å². The highest BCUT2D eigenvalue weighted by molar-refractivity contribution is 5.65. The molecule has 1 aromatic carbocycles. The predicted molar refractivity (Wildman–Crippen MR) is 78.0 cm³/mol. The summed E-state index contributed by atoms with van der Waals surface area (Å²) < 4.78 is 0. The van der Waals surface area contributed by atoms with Crippen LogP contribution in [0.5, 0.6) is 5.75 Å². The Morgan fingerprint density at radius 1 is 1.30 bits per heavy atom. The van der Waals surface area contributed by atoms with E-state index in [1.54, 1.807) is 12.1 Å². The summed E-state index contributed by atoms with van der Waals surface area (Å²) in [4.78, 5) is 11.1. The summed E-state index contributed by atoms with van der Waals surface area (Å²) in [5.74, 6) is 0.677. The highest BCUT2D eigenvalue weighted by Crippen LogP contribution is 2.48. The quantitative estimate of drug-likeness (QED) is 0.771. The van der Waals surface area contributed by atoms with Crippen LogP contribution in [0.1, 0.15) is 45.1 Å². The van der Waals surface area contributed by atoms with Crippen LogP contribution in [0.4, 0.5) is 4.79 Å². The van der Waals surface area contributed by atoms with Crippen LogP contribution >= 0.6 is 0 Å². The molecule has 1 aliphatic carbocycles. The molecule has 0 saturated heterocycles. The molecule has 1 atom stereocenters. The van der Waals surface area contributed by atoms with E-state index in [2.05, 4.69) is 19.2 Å². The summed E-state index contributed by atoms with van der Waals surface area (Å²) in [5, 5.41) is 21.3. The van der Waals surface area contributed by atoms with Crippen LogP contribution < -0.4 is 5.32 Å². The van der Waals surface area contributed by atoms with E-state index in [4.69, 9.17) is 5.11 Å². The number of carboxylic acid groups (broad SMARTS) is 1. The summed E-state index contributed by atoms with van der Waals surface area (Å²) >= 11 is 0. The summed E-state index contributed by atoms with van der Waals surface area (Å²) in [5.41, 5.74) is 1.01. The molecule has 1 aliphatic rings. The van der Waals surface area contributed by atoms with E-state index in [1.807, 2.05) is 12.1 Å². The van der Waals surface area contributed by atoms with Crippen molar-refractivity contribution < 1.29 is 15.0 Å². The molecule has 110 valence electrons. The van der Waals surface area contributed by atoms with Crippen molar-refractivity contribution in [2.24, 2.45) is 5.92 Å². The van der Waals surface area contributed by atoms with E-state index in [1.165, 1.54) is 0 Å². The van der Waals surface area contributed by atoms with Crippen LogP contribution in [-0.2, 0) is 5.41 Å². The Kier molecular flexibility index (Phi) is 4.21. The van der Waals surface area contributed by atoms with Crippen LogP contribution in [0.25, 0.3) is 0 Å². The number of amides is 1. The van der Waals surface area contributed by atoms with Crippen LogP contribution in [0.15, 0.2) is 24.3 Å². The number of phenols is 1. The molecule has 0 spiro atoms. The molecule has 1 amide bonds. The number of aromatic hydroxyl groups is 1. The van der Waals surface area contributed by atoms with Gasteiger partial charge in [0.05, 0.1) is 0 Å². The molecular formula is C16H23NO3. The van der Waals surface area contributed by atoms with Gasteiger partial charge in [0.1, 0.15) is 5.75 Å². The maximum Gasteiger partial charge on any atom is 0.404 e. The highest BCUT2D eigenvalue weighted by Gasteiger charge is 2.46. The fourth-order valence-electron chi connectivity index (χ4n) is 3.23. The zero-order chi connectivity index (χ0) is 14.8. The molecule has 1 fully saturated rings. The largest absolute Gasteiger partial charge is 0.508 e. The van der Waals surface area contributed by atoms with Crippen molar-refractivity contribution in [1.29, 1.82) is 0 Å². The van der Waals surface area contributed by atoms with E-state index in [-0.39, 0.29) is 17.2 Å². The Balaban J connectivity index is 2.30. The molecule has 0 aliphatic heterocycles. The lowest BCUT2D eigenvalue weighted by molar-refractivity contribution is 0.135. The molecule has 0 radical (unpaired) electrons. The lowest BCUT2D eigenvalue weighted by Gasteiger charge is -2.48. The van der Waals surface area contributed by atoms with Gasteiger partial charge in [-0.3, -0.25) is 0 Å². The predicted octanol–water partition coefficient (Wildman–Crippen LogP) is 3.50. The average Bonchev–Trinajstić information content (AvgIpc) is 2.28.